The smallest absolute Gasteiger partial charge is 0.339 e. The Morgan fingerprint density at radius 2 is 1.79 bits per heavy atom. The van der Waals surface area contributed by atoms with Crippen LogP contribution in [0.2, 0.25) is 0 Å². The summed E-state index contributed by atoms with van der Waals surface area (Å²) in [5.41, 5.74) is 2.36. The summed E-state index contributed by atoms with van der Waals surface area (Å²) < 4.78 is 47.4. The van der Waals surface area contributed by atoms with Gasteiger partial charge < -0.3 is 9.30 Å². The molecule has 0 bridgehead atoms. The first-order chi connectivity index (χ1) is 13.4. The summed E-state index contributed by atoms with van der Waals surface area (Å²) in [5, 5.41) is 0. The molecule has 28 heavy (non-hydrogen) atoms. The van der Waals surface area contributed by atoms with Gasteiger partial charge in [-0.1, -0.05) is 42.5 Å². The number of aromatic nitrogens is 1. The first-order valence-electron chi connectivity index (χ1n) is 8.88. The molecule has 1 aromatic heterocycles. The van der Waals surface area contributed by atoms with E-state index < -0.39 is 24.1 Å². The SMILES string of the molecule is CCOC(=O)c1cc(-c2ccccc2)n(-c2cccc(C(F)(F)CF)c2)c1C. The lowest BCUT2D eigenvalue weighted by molar-refractivity contribution is -0.0280. The van der Waals surface area contributed by atoms with Crippen LogP contribution in [0.15, 0.2) is 60.7 Å². The average molecular weight is 387 g/mol. The van der Waals surface area contributed by atoms with Crippen LogP contribution in [0.5, 0.6) is 0 Å². The zero-order chi connectivity index (χ0) is 20.3. The highest BCUT2D eigenvalue weighted by atomic mass is 19.3. The summed E-state index contributed by atoms with van der Waals surface area (Å²) in [6, 6.07) is 16.5. The van der Waals surface area contributed by atoms with Crippen LogP contribution in [0.4, 0.5) is 13.2 Å². The maximum atomic E-state index is 13.9. The van der Waals surface area contributed by atoms with Crippen LogP contribution in [-0.4, -0.2) is 23.8 Å². The highest BCUT2D eigenvalue weighted by molar-refractivity contribution is 5.93. The highest BCUT2D eigenvalue weighted by Crippen LogP contribution is 2.33. The first-order valence-corrected chi connectivity index (χ1v) is 8.88. The van der Waals surface area contributed by atoms with Crippen LogP contribution in [0.1, 0.15) is 28.5 Å². The molecule has 0 saturated heterocycles. The van der Waals surface area contributed by atoms with Crippen LogP contribution in [0, 0.1) is 6.92 Å². The van der Waals surface area contributed by atoms with Gasteiger partial charge in [0.25, 0.3) is 0 Å². The minimum Gasteiger partial charge on any atom is -0.462 e. The lowest BCUT2D eigenvalue weighted by Gasteiger charge is -2.17. The second-order valence-corrected chi connectivity index (χ2v) is 6.34. The molecule has 0 aliphatic heterocycles. The molecule has 0 unspecified atom stereocenters. The minimum absolute atomic E-state index is 0.225. The van der Waals surface area contributed by atoms with Crippen LogP contribution in [0.3, 0.4) is 0 Å². The van der Waals surface area contributed by atoms with Crippen LogP contribution in [-0.2, 0) is 10.7 Å². The lowest BCUT2D eigenvalue weighted by Crippen LogP contribution is -2.16. The number of carbonyl (C=O) groups excluding carboxylic acids is 1. The van der Waals surface area contributed by atoms with Crippen molar-refractivity contribution >= 4 is 5.97 Å². The summed E-state index contributed by atoms with van der Waals surface area (Å²) in [6.07, 6.45) is 0. The molecule has 0 atom stereocenters. The number of rotatable bonds is 6. The molecule has 3 nitrogen and oxygen atoms in total. The van der Waals surface area contributed by atoms with Crippen LogP contribution < -0.4 is 0 Å². The highest BCUT2D eigenvalue weighted by Gasteiger charge is 2.32. The van der Waals surface area contributed by atoms with E-state index >= 15 is 0 Å². The van der Waals surface area contributed by atoms with Gasteiger partial charge in [-0.25, -0.2) is 9.18 Å². The quantitative estimate of drug-likeness (QED) is 0.509. The Hall–Kier alpha value is -3.02. The van der Waals surface area contributed by atoms with Gasteiger partial charge in [-0.2, -0.15) is 8.78 Å². The average Bonchev–Trinajstić information content (AvgIpc) is 3.06. The summed E-state index contributed by atoms with van der Waals surface area (Å²) in [4.78, 5) is 12.4. The van der Waals surface area contributed by atoms with E-state index in [1.165, 1.54) is 18.2 Å². The van der Waals surface area contributed by atoms with Gasteiger partial charge in [-0.05, 0) is 37.6 Å². The molecule has 6 heteroatoms. The van der Waals surface area contributed by atoms with Crippen molar-refractivity contribution in [1.82, 2.24) is 4.57 Å². The van der Waals surface area contributed by atoms with Crippen molar-refractivity contribution in [2.24, 2.45) is 0 Å². The van der Waals surface area contributed by atoms with Crippen molar-refractivity contribution in [3.63, 3.8) is 0 Å². The Morgan fingerprint density at radius 1 is 1.07 bits per heavy atom. The fourth-order valence-corrected chi connectivity index (χ4v) is 3.13. The molecule has 0 aliphatic carbocycles. The summed E-state index contributed by atoms with van der Waals surface area (Å²) in [7, 11) is 0. The third-order valence-electron chi connectivity index (χ3n) is 4.51. The van der Waals surface area contributed by atoms with Crippen LogP contribution in [0.25, 0.3) is 16.9 Å². The number of hydrogen-bond acceptors (Lipinski definition) is 2. The van der Waals surface area contributed by atoms with E-state index in [9.17, 15) is 18.0 Å². The van der Waals surface area contributed by atoms with Crippen LogP contribution >= 0.6 is 0 Å². The molecule has 2 aromatic carbocycles. The largest absolute Gasteiger partial charge is 0.462 e. The molecule has 0 saturated carbocycles. The summed E-state index contributed by atoms with van der Waals surface area (Å²) in [6.45, 7) is 1.88. The van der Waals surface area contributed by atoms with E-state index in [0.717, 1.165) is 5.56 Å². The third-order valence-corrected chi connectivity index (χ3v) is 4.51. The molecule has 146 valence electrons. The molecular formula is C22H20F3NO2. The van der Waals surface area contributed by atoms with E-state index in [0.29, 0.717) is 22.6 Å². The number of hydrogen-bond donors (Lipinski definition) is 0. The number of ether oxygens (including phenoxy) is 1. The van der Waals surface area contributed by atoms with Gasteiger partial charge in [0.2, 0.25) is 0 Å². The van der Waals surface area contributed by atoms with Gasteiger partial charge in [-0.15, -0.1) is 0 Å². The van der Waals surface area contributed by atoms with Gasteiger partial charge in [0.15, 0.2) is 6.67 Å². The minimum atomic E-state index is -3.58. The predicted molar refractivity (Wildman–Crippen MR) is 102 cm³/mol. The number of benzene rings is 2. The van der Waals surface area contributed by atoms with E-state index in [1.54, 1.807) is 30.5 Å². The van der Waals surface area contributed by atoms with Gasteiger partial charge in [0, 0.05) is 16.9 Å². The normalized spacial score (nSPS) is 11.5. The molecule has 3 rings (SSSR count). The number of esters is 1. The fraction of sp³-hybridized carbons (Fsp3) is 0.227. The fourth-order valence-electron chi connectivity index (χ4n) is 3.13. The van der Waals surface area contributed by atoms with Gasteiger partial charge in [0.1, 0.15) is 0 Å². The maximum absolute atomic E-state index is 13.9. The second-order valence-electron chi connectivity index (χ2n) is 6.34. The molecule has 0 N–H and O–H groups in total. The molecule has 0 aliphatic rings. The Bertz CT molecular complexity index is 981. The van der Waals surface area contributed by atoms with Gasteiger partial charge in [-0.3, -0.25) is 0 Å². The van der Waals surface area contributed by atoms with Gasteiger partial charge in [0.05, 0.1) is 17.9 Å². The third kappa shape index (κ3) is 3.67. The van der Waals surface area contributed by atoms with Crippen molar-refractivity contribution in [1.29, 1.82) is 0 Å². The number of halogens is 3. The monoisotopic (exact) mass is 387 g/mol. The Kier molecular flexibility index (Phi) is 5.58. The topological polar surface area (TPSA) is 31.2 Å². The van der Waals surface area contributed by atoms with Gasteiger partial charge >= 0.3 is 11.9 Å². The van der Waals surface area contributed by atoms with Crippen molar-refractivity contribution in [3.05, 3.63) is 77.5 Å². The number of nitrogens with zero attached hydrogens (tertiary/aromatic N) is 1. The zero-order valence-corrected chi connectivity index (χ0v) is 15.6. The first kappa shape index (κ1) is 19.7. The molecule has 0 radical (unpaired) electrons. The molecule has 0 spiro atoms. The number of carbonyl (C=O) groups is 1. The van der Waals surface area contributed by atoms with Crippen molar-refractivity contribution in [2.45, 2.75) is 19.8 Å². The molecule has 3 aromatic rings. The standard InChI is InChI=1S/C22H20F3NO2/c1-3-28-21(27)19-13-20(16-8-5-4-6-9-16)26(15(19)2)18-11-7-10-17(12-18)22(24,25)14-23/h4-13H,3,14H2,1-2H3. The molecule has 1 heterocycles. The second kappa shape index (κ2) is 7.92. The lowest BCUT2D eigenvalue weighted by atomic mass is 10.1. The van der Waals surface area contributed by atoms with Crippen molar-refractivity contribution < 1.29 is 22.7 Å². The predicted octanol–water partition coefficient (Wildman–Crippen LogP) is 5.69. The Morgan fingerprint density at radius 3 is 2.43 bits per heavy atom. The van der Waals surface area contributed by atoms with E-state index in [2.05, 4.69) is 0 Å². The van der Waals surface area contributed by atoms with E-state index in [1.807, 2.05) is 30.3 Å². The van der Waals surface area contributed by atoms with Crippen molar-refractivity contribution in [2.75, 3.05) is 13.3 Å². The van der Waals surface area contributed by atoms with E-state index in [4.69, 9.17) is 4.74 Å². The number of alkyl halides is 3. The maximum Gasteiger partial charge on any atom is 0.339 e. The Labute approximate surface area is 161 Å². The Balaban J connectivity index is 2.22. The molecule has 0 amide bonds. The van der Waals surface area contributed by atoms with E-state index in [-0.39, 0.29) is 6.61 Å². The zero-order valence-electron chi connectivity index (χ0n) is 15.6. The summed E-state index contributed by atoms with van der Waals surface area (Å²) >= 11 is 0. The summed E-state index contributed by atoms with van der Waals surface area (Å²) in [5.74, 6) is -4.06. The molecule has 0 fully saturated rings. The molecular weight excluding hydrogens is 367 g/mol. The van der Waals surface area contributed by atoms with Crippen molar-refractivity contribution in [3.8, 4) is 16.9 Å².